The fourth-order valence-corrected chi connectivity index (χ4v) is 5.21. The molecule has 3 fully saturated rings. The lowest BCUT2D eigenvalue weighted by atomic mass is 9.73. The fraction of sp³-hybridized carbons (Fsp3) is 0.667. The van der Waals surface area contributed by atoms with Crippen LogP contribution in [0.3, 0.4) is 0 Å². The Kier molecular flexibility index (Phi) is 6.03. The van der Waals surface area contributed by atoms with Crippen LogP contribution in [0.5, 0.6) is 0 Å². The highest BCUT2D eigenvalue weighted by atomic mass is 16.5. The first-order valence-corrected chi connectivity index (χ1v) is 12.0. The van der Waals surface area contributed by atoms with Crippen LogP contribution in [0.1, 0.15) is 63.6 Å². The van der Waals surface area contributed by atoms with Crippen LogP contribution in [0.2, 0.25) is 0 Å². The number of hydrogen-bond acceptors (Lipinski definition) is 6. The molecule has 0 N–H and O–H groups in total. The lowest BCUT2D eigenvalue weighted by Crippen LogP contribution is -2.49. The van der Waals surface area contributed by atoms with Crippen molar-refractivity contribution in [3.63, 3.8) is 0 Å². The van der Waals surface area contributed by atoms with Crippen LogP contribution in [-0.2, 0) is 10.2 Å². The van der Waals surface area contributed by atoms with Crippen molar-refractivity contribution < 1.29 is 9.32 Å². The monoisotopic (exact) mass is 423 g/mol. The SMILES string of the molecule is O=C(CN1CCCCCC1)N1CCC(CC2CC2)(c2noc(-c3cccnc3)n2)CC1. The molecule has 7 heteroatoms. The smallest absolute Gasteiger partial charge is 0.259 e. The summed E-state index contributed by atoms with van der Waals surface area (Å²) in [4.78, 5) is 26.4. The van der Waals surface area contributed by atoms with Crippen LogP contribution >= 0.6 is 0 Å². The number of carbonyl (C=O) groups excluding carboxylic acids is 1. The summed E-state index contributed by atoms with van der Waals surface area (Å²) in [5, 5.41) is 4.42. The van der Waals surface area contributed by atoms with Crippen molar-refractivity contribution >= 4 is 5.91 Å². The minimum atomic E-state index is -0.0789. The maximum atomic E-state index is 13.0. The van der Waals surface area contributed by atoms with Crippen molar-refractivity contribution in [2.24, 2.45) is 5.92 Å². The van der Waals surface area contributed by atoms with E-state index >= 15 is 0 Å². The summed E-state index contributed by atoms with van der Waals surface area (Å²) in [5.74, 6) is 2.40. The summed E-state index contributed by atoms with van der Waals surface area (Å²) in [5.41, 5.74) is 0.776. The molecule has 0 unspecified atom stereocenters. The van der Waals surface area contributed by atoms with Crippen molar-refractivity contribution in [2.75, 3.05) is 32.7 Å². The van der Waals surface area contributed by atoms with E-state index in [2.05, 4.69) is 19.9 Å². The largest absolute Gasteiger partial charge is 0.342 e. The van der Waals surface area contributed by atoms with Crippen LogP contribution in [0.15, 0.2) is 29.0 Å². The normalized spacial score (nSPS) is 22.3. The minimum Gasteiger partial charge on any atom is -0.342 e. The molecular weight excluding hydrogens is 390 g/mol. The van der Waals surface area contributed by atoms with Crippen molar-refractivity contribution in [2.45, 2.75) is 63.2 Å². The van der Waals surface area contributed by atoms with Crippen LogP contribution in [0.4, 0.5) is 0 Å². The summed E-state index contributed by atoms with van der Waals surface area (Å²) in [6.07, 6.45) is 14.1. The van der Waals surface area contributed by atoms with Crippen molar-refractivity contribution in [1.29, 1.82) is 0 Å². The Morgan fingerprint density at radius 2 is 1.87 bits per heavy atom. The molecule has 1 saturated carbocycles. The molecule has 7 nitrogen and oxygen atoms in total. The molecule has 2 aliphatic heterocycles. The molecule has 0 spiro atoms. The van der Waals surface area contributed by atoms with Gasteiger partial charge in [-0.25, -0.2) is 0 Å². The zero-order valence-corrected chi connectivity index (χ0v) is 18.3. The third-order valence-corrected chi connectivity index (χ3v) is 7.32. The Bertz CT molecular complexity index is 863. The zero-order valence-electron chi connectivity index (χ0n) is 18.3. The fourth-order valence-electron chi connectivity index (χ4n) is 5.21. The number of nitrogens with zero attached hydrogens (tertiary/aromatic N) is 5. The van der Waals surface area contributed by atoms with E-state index in [9.17, 15) is 4.79 Å². The number of piperidine rings is 1. The summed E-state index contributed by atoms with van der Waals surface area (Å²) < 4.78 is 5.63. The molecule has 0 radical (unpaired) electrons. The first kappa shape index (κ1) is 20.6. The van der Waals surface area contributed by atoms with Crippen LogP contribution in [0.25, 0.3) is 11.5 Å². The summed E-state index contributed by atoms with van der Waals surface area (Å²) in [7, 11) is 0. The number of rotatable bonds is 6. The summed E-state index contributed by atoms with van der Waals surface area (Å²) >= 11 is 0. The highest BCUT2D eigenvalue weighted by Gasteiger charge is 2.44. The van der Waals surface area contributed by atoms with E-state index in [1.807, 2.05) is 12.1 Å². The topological polar surface area (TPSA) is 75.4 Å². The van der Waals surface area contributed by atoms with Gasteiger partial charge in [0.25, 0.3) is 5.89 Å². The van der Waals surface area contributed by atoms with E-state index in [4.69, 9.17) is 9.51 Å². The molecule has 166 valence electrons. The minimum absolute atomic E-state index is 0.0789. The molecule has 1 aliphatic carbocycles. The van der Waals surface area contributed by atoms with Gasteiger partial charge < -0.3 is 9.42 Å². The second-order valence-corrected chi connectivity index (χ2v) is 9.66. The van der Waals surface area contributed by atoms with E-state index in [-0.39, 0.29) is 11.3 Å². The molecule has 2 saturated heterocycles. The zero-order chi connectivity index (χ0) is 21.1. The lowest BCUT2D eigenvalue weighted by molar-refractivity contribution is -0.134. The Balaban J connectivity index is 1.26. The van der Waals surface area contributed by atoms with Crippen molar-refractivity contribution in [3.8, 4) is 11.5 Å². The molecule has 0 atom stereocenters. The number of aromatic nitrogens is 3. The van der Waals surface area contributed by atoms with Gasteiger partial charge in [-0.15, -0.1) is 0 Å². The van der Waals surface area contributed by atoms with E-state index in [1.165, 1.54) is 38.5 Å². The van der Waals surface area contributed by atoms with E-state index < -0.39 is 0 Å². The van der Waals surface area contributed by atoms with Gasteiger partial charge in [-0.1, -0.05) is 30.8 Å². The summed E-state index contributed by atoms with van der Waals surface area (Å²) in [6, 6.07) is 3.83. The van der Waals surface area contributed by atoms with E-state index in [1.54, 1.807) is 12.4 Å². The van der Waals surface area contributed by atoms with Gasteiger partial charge in [-0.3, -0.25) is 14.7 Å². The number of carbonyl (C=O) groups is 1. The second kappa shape index (κ2) is 9.07. The standard InChI is InChI=1S/C24H33N5O2/c30-21(18-28-12-3-1-2-4-13-28)29-14-9-24(10-15-29,16-19-7-8-19)23-26-22(31-27-23)20-6-5-11-25-17-20/h5-6,11,17,19H,1-4,7-10,12-16,18H2. The third kappa shape index (κ3) is 4.81. The molecule has 0 bridgehead atoms. The molecule has 2 aromatic heterocycles. The summed E-state index contributed by atoms with van der Waals surface area (Å²) in [6.45, 7) is 4.27. The highest BCUT2D eigenvalue weighted by molar-refractivity contribution is 5.78. The van der Waals surface area contributed by atoms with Gasteiger partial charge >= 0.3 is 0 Å². The second-order valence-electron chi connectivity index (χ2n) is 9.66. The molecule has 0 aromatic carbocycles. The third-order valence-electron chi connectivity index (χ3n) is 7.32. The van der Waals surface area contributed by atoms with Gasteiger partial charge in [0.05, 0.1) is 12.1 Å². The van der Waals surface area contributed by atoms with Crippen LogP contribution in [0, 0.1) is 5.92 Å². The predicted molar refractivity (Wildman–Crippen MR) is 117 cm³/mol. The molecule has 4 heterocycles. The van der Waals surface area contributed by atoms with Crippen LogP contribution in [-0.4, -0.2) is 63.6 Å². The average Bonchev–Trinajstić information content (AvgIpc) is 3.53. The number of amides is 1. The van der Waals surface area contributed by atoms with Crippen molar-refractivity contribution in [3.05, 3.63) is 30.4 Å². The molecule has 3 aliphatic rings. The first-order chi connectivity index (χ1) is 15.2. The van der Waals surface area contributed by atoms with Gasteiger partial charge in [-0.05, 0) is 63.2 Å². The molecule has 5 rings (SSSR count). The maximum Gasteiger partial charge on any atom is 0.259 e. The van der Waals surface area contributed by atoms with Gasteiger partial charge in [-0.2, -0.15) is 4.98 Å². The quantitative estimate of drug-likeness (QED) is 0.706. The Morgan fingerprint density at radius 1 is 1.10 bits per heavy atom. The molecule has 1 amide bonds. The highest BCUT2D eigenvalue weighted by Crippen LogP contribution is 2.46. The first-order valence-electron chi connectivity index (χ1n) is 12.0. The Hall–Kier alpha value is -2.28. The number of likely N-dealkylation sites (tertiary alicyclic amines) is 2. The lowest BCUT2D eigenvalue weighted by Gasteiger charge is -2.40. The van der Waals surface area contributed by atoms with Crippen molar-refractivity contribution in [1.82, 2.24) is 24.9 Å². The molecule has 2 aromatic rings. The van der Waals surface area contributed by atoms with E-state index in [0.29, 0.717) is 12.4 Å². The van der Waals surface area contributed by atoms with Gasteiger partial charge in [0.2, 0.25) is 5.91 Å². The Labute approximate surface area is 184 Å². The predicted octanol–water partition coefficient (Wildman–Crippen LogP) is 3.67. The molecule has 31 heavy (non-hydrogen) atoms. The number of pyridine rings is 1. The van der Waals surface area contributed by atoms with Gasteiger partial charge in [0.1, 0.15) is 0 Å². The van der Waals surface area contributed by atoms with Gasteiger partial charge in [0, 0.05) is 30.9 Å². The molecular formula is C24H33N5O2. The average molecular weight is 424 g/mol. The number of hydrogen-bond donors (Lipinski definition) is 0. The van der Waals surface area contributed by atoms with Gasteiger partial charge in [0.15, 0.2) is 5.82 Å². The maximum absolute atomic E-state index is 13.0. The van der Waals surface area contributed by atoms with Crippen LogP contribution < -0.4 is 0 Å². The van der Waals surface area contributed by atoms with E-state index in [0.717, 1.165) is 62.7 Å². The Morgan fingerprint density at radius 3 is 2.55 bits per heavy atom.